The van der Waals surface area contributed by atoms with E-state index in [4.69, 9.17) is 5.11 Å². The van der Waals surface area contributed by atoms with E-state index in [0.717, 1.165) is 25.9 Å². The summed E-state index contributed by atoms with van der Waals surface area (Å²) in [6.45, 7) is 5.18. The molecule has 1 unspecified atom stereocenters. The Labute approximate surface area is 119 Å². The Balaban J connectivity index is 2.42. The zero-order chi connectivity index (χ0) is 14.5. The topological polar surface area (TPSA) is 69.6 Å². The predicted molar refractivity (Wildman–Crippen MR) is 77.5 cm³/mol. The number of carbonyl (C=O) groups excluding carboxylic acids is 1. The molecule has 0 bridgehead atoms. The van der Waals surface area contributed by atoms with Crippen molar-refractivity contribution in [2.24, 2.45) is 5.41 Å². The van der Waals surface area contributed by atoms with E-state index in [0.29, 0.717) is 11.7 Å². The molecule has 1 fully saturated rings. The van der Waals surface area contributed by atoms with Crippen LogP contribution in [0.1, 0.15) is 33.1 Å². The molecule has 0 aromatic carbocycles. The molecule has 2 amide bonds. The van der Waals surface area contributed by atoms with E-state index in [1.54, 1.807) is 11.8 Å². The summed E-state index contributed by atoms with van der Waals surface area (Å²) in [5, 5.41) is 12.6. The van der Waals surface area contributed by atoms with Crippen molar-refractivity contribution in [3.63, 3.8) is 0 Å². The third-order valence-corrected chi connectivity index (χ3v) is 5.13. The molecule has 1 aliphatic heterocycles. The average molecular weight is 288 g/mol. The Morgan fingerprint density at radius 3 is 2.42 bits per heavy atom. The molecule has 1 rings (SSSR count). The van der Waals surface area contributed by atoms with Crippen molar-refractivity contribution >= 4 is 23.8 Å². The maximum absolute atomic E-state index is 12.0. The van der Waals surface area contributed by atoms with Crippen LogP contribution >= 0.6 is 11.8 Å². The van der Waals surface area contributed by atoms with E-state index in [-0.39, 0.29) is 12.6 Å². The zero-order valence-electron chi connectivity index (χ0n) is 11.9. The van der Waals surface area contributed by atoms with Crippen LogP contribution in [-0.4, -0.2) is 53.1 Å². The van der Waals surface area contributed by atoms with Gasteiger partial charge in [0, 0.05) is 24.9 Å². The number of likely N-dealkylation sites (tertiary alicyclic amines) is 1. The predicted octanol–water partition coefficient (Wildman–Crippen LogP) is 2.02. The highest BCUT2D eigenvalue weighted by Crippen LogP contribution is 2.22. The summed E-state index contributed by atoms with van der Waals surface area (Å²) in [7, 11) is 0. The highest BCUT2D eigenvalue weighted by atomic mass is 32.2. The van der Waals surface area contributed by atoms with Crippen LogP contribution < -0.4 is 5.32 Å². The van der Waals surface area contributed by atoms with Crippen molar-refractivity contribution < 1.29 is 14.7 Å². The minimum absolute atomic E-state index is 0.138. The van der Waals surface area contributed by atoms with Crippen LogP contribution in [-0.2, 0) is 4.79 Å². The van der Waals surface area contributed by atoms with E-state index in [9.17, 15) is 9.59 Å². The summed E-state index contributed by atoms with van der Waals surface area (Å²) in [6, 6.07) is -0.138. The Bertz CT molecular complexity index is 330. The fourth-order valence-electron chi connectivity index (χ4n) is 2.03. The van der Waals surface area contributed by atoms with Crippen LogP contribution in [0.15, 0.2) is 0 Å². The van der Waals surface area contributed by atoms with Gasteiger partial charge in [-0.05, 0) is 32.4 Å². The van der Waals surface area contributed by atoms with Crippen LogP contribution in [0.3, 0.4) is 0 Å². The Kier molecular flexibility index (Phi) is 5.97. The molecule has 0 radical (unpaired) electrons. The monoisotopic (exact) mass is 288 g/mol. The number of amides is 2. The number of urea groups is 1. The smallest absolute Gasteiger partial charge is 0.317 e. The molecule has 0 saturated carbocycles. The van der Waals surface area contributed by atoms with E-state index < -0.39 is 11.4 Å². The summed E-state index contributed by atoms with van der Waals surface area (Å²) in [4.78, 5) is 24.9. The molecule has 1 heterocycles. The lowest BCUT2D eigenvalue weighted by Crippen LogP contribution is -2.49. The molecule has 0 aliphatic carbocycles. The fourth-order valence-corrected chi connectivity index (χ4v) is 2.71. The molecule has 110 valence electrons. The lowest BCUT2D eigenvalue weighted by molar-refractivity contribution is -0.147. The van der Waals surface area contributed by atoms with Gasteiger partial charge in [0.25, 0.3) is 0 Å². The summed E-state index contributed by atoms with van der Waals surface area (Å²) < 4.78 is 0. The number of rotatable bonds is 5. The van der Waals surface area contributed by atoms with Crippen LogP contribution in [0.2, 0.25) is 0 Å². The van der Waals surface area contributed by atoms with Crippen molar-refractivity contribution in [3.05, 3.63) is 0 Å². The van der Waals surface area contributed by atoms with Crippen molar-refractivity contribution in [3.8, 4) is 0 Å². The maximum atomic E-state index is 12.0. The van der Waals surface area contributed by atoms with Gasteiger partial charge in [-0.2, -0.15) is 11.8 Å². The number of carboxylic acids is 1. The van der Waals surface area contributed by atoms with Gasteiger partial charge in [-0.3, -0.25) is 4.79 Å². The van der Waals surface area contributed by atoms with E-state index in [1.807, 2.05) is 18.7 Å². The van der Waals surface area contributed by atoms with Crippen LogP contribution in [0.25, 0.3) is 0 Å². The highest BCUT2D eigenvalue weighted by Gasteiger charge is 2.32. The third kappa shape index (κ3) is 4.30. The lowest BCUT2D eigenvalue weighted by Gasteiger charge is -2.32. The number of nitrogens with one attached hydrogen (secondary N) is 1. The third-order valence-electron chi connectivity index (χ3n) is 3.99. The summed E-state index contributed by atoms with van der Waals surface area (Å²) in [5.74, 6) is -0.864. The first kappa shape index (κ1) is 16.1. The van der Waals surface area contributed by atoms with Crippen molar-refractivity contribution in [2.45, 2.75) is 38.4 Å². The van der Waals surface area contributed by atoms with Crippen molar-refractivity contribution in [1.29, 1.82) is 0 Å². The lowest BCUT2D eigenvalue weighted by atomic mass is 9.88. The summed E-state index contributed by atoms with van der Waals surface area (Å²) in [5.41, 5.74) is -0.882. The Morgan fingerprint density at radius 2 is 2.00 bits per heavy atom. The minimum atomic E-state index is -0.882. The number of carboxylic acid groups (broad SMARTS) is 1. The normalized spacial score (nSPS) is 19.8. The van der Waals surface area contributed by atoms with E-state index in [1.165, 1.54) is 0 Å². The molecular weight excluding hydrogens is 264 g/mol. The van der Waals surface area contributed by atoms with Gasteiger partial charge in [-0.15, -0.1) is 0 Å². The number of hydrogen-bond donors (Lipinski definition) is 2. The van der Waals surface area contributed by atoms with Gasteiger partial charge in [-0.1, -0.05) is 6.92 Å². The minimum Gasteiger partial charge on any atom is -0.481 e. The Hall–Kier alpha value is -0.910. The quantitative estimate of drug-likeness (QED) is 0.812. The number of hydrogen-bond acceptors (Lipinski definition) is 3. The molecular formula is C13H24N2O3S. The SMILES string of the molecule is CCC(C)(CNC(=O)N1CCC(SC)CC1)C(=O)O. The van der Waals surface area contributed by atoms with E-state index >= 15 is 0 Å². The van der Waals surface area contributed by atoms with Gasteiger partial charge >= 0.3 is 12.0 Å². The molecule has 0 aromatic rings. The van der Waals surface area contributed by atoms with Crippen LogP contribution in [0, 0.1) is 5.41 Å². The van der Waals surface area contributed by atoms with Crippen LogP contribution in [0.4, 0.5) is 4.79 Å². The van der Waals surface area contributed by atoms with Gasteiger partial charge in [-0.25, -0.2) is 4.79 Å². The molecule has 1 saturated heterocycles. The van der Waals surface area contributed by atoms with Crippen LogP contribution in [0.5, 0.6) is 0 Å². The maximum Gasteiger partial charge on any atom is 0.317 e. The Morgan fingerprint density at radius 1 is 1.42 bits per heavy atom. The largest absolute Gasteiger partial charge is 0.481 e. The van der Waals surface area contributed by atoms with Gasteiger partial charge in [0.1, 0.15) is 0 Å². The highest BCUT2D eigenvalue weighted by molar-refractivity contribution is 7.99. The molecule has 0 spiro atoms. The average Bonchev–Trinajstić information content (AvgIpc) is 2.44. The zero-order valence-corrected chi connectivity index (χ0v) is 12.8. The van der Waals surface area contributed by atoms with Gasteiger partial charge in [0.15, 0.2) is 0 Å². The van der Waals surface area contributed by atoms with Gasteiger partial charge in [0.2, 0.25) is 0 Å². The number of piperidine rings is 1. The second-order valence-corrected chi connectivity index (χ2v) is 6.44. The molecule has 2 N–H and O–H groups in total. The molecule has 1 atom stereocenters. The van der Waals surface area contributed by atoms with Gasteiger partial charge < -0.3 is 15.3 Å². The number of aliphatic carboxylic acids is 1. The van der Waals surface area contributed by atoms with Gasteiger partial charge in [0.05, 0.1) is 5.41 Å². The fraction of sp³-hybridized carbons (Fsp3) is 0.846. The number of thioether (sulfide) groups is 1. The summed E-state index contributed by atoms with van der Waals surface area (Å²) in [6.07, 6.45) is 4.62. The first-order chi connectivity index (χ1) is 8.92. The molecule has 6 heteroatoms. The first-order valence-corrected chi connectivity index (χ1v) is 8.00. The molecule has 1 aliphatic rings. The second-order valence-electron chi connectivity index (χ2n) is 5.30. The molecule has 19 heavy (non-hydrogen) atoms. The summed E-state index contributed by atoms with van der Waals surface area (Å²) >= 11 is 1.85. The second kappa shape index (κ2) is 7.03. The van der Waals surface area contributed by atoms with Crippen molar-refractivity contribution in [1.82, 2.24) is 10.2 Å². The molecule has 0 aromatic heterocycles. The first-order valence-electron chi connectivity index (χ1n) is 6.72. The van der Waals surface area contributed by atoms with Crippen molar-refractivity contribution in [2.75, 3.05) is 25.9 Å². The standard InChI is InChI=1S/C13H24N2O3S/c1-4-13(2,11(16)17)9-14-12(18)15-7-5-10(19-3)6-8-15/h10H,4-9H2,1-3H3,(H,14,18)(H,16,17). The number of nitrogens with zero attached hydrogens (tertiary/aromatic N) is 1. The number of carbonyl (C=O) groups is 2. The van der Waals surface area contributed by atoms with E-state index in [2.05, 4.69) is 11.6 Å². The molecule has 5 nitrogen and oxygen atoms in total.